The Hall–Kier alpha value is -1.62. The van der Waals surface area contributed by atoms with Crippen molar-refractivity contribution < 1.29 is 14.3 Å². The molecule has 1 fully saturated rings. The van der Waals surface area contributed by atoms with Gasteiger partial charge in [0.05, 0.1) is 12.1 Å². The van der Waals surface area contributed by atoms with Crippen molar-refractivity contribution in [3.63, 3.8) is 0 Å². The van der Waals surface area contributed by atoms with E-state index in [4.69, 9.17) is 0 Å². The molecule has 1 aliphatic rings. The van der Waals surface area contributed by atoms with E-state index in [1.807, 2.05) is 6.92 Å². The Bertz CT molecular complexity index is 524. The second kappa shape index (κ2) is 7.09. The van der Waals surface area contributed by atoms with Gasteiger partial charge in [-0.2, -0.15) is 0 Å². The summed E-state index contributed by atoms with van der Waals surface area (Å²) >= 11 is 0. The molecule has 1 saturated carbocycles. The van der Waals surface area contributed by atoms with Crippen LogP contribution in [0.25, 0.3) is 0 Å². The highest BCUT2D eigenvalue weighted by molar-refractivity contribution is 5.74. The normalized spacial score (nSPS) is 22.4. The number of nitrogens with one attached hydrogen (secondary N) is 2. The topological polar surface area (TPSA) is 61.4 Å². The molecule has 0 aliphatic heterocycles. The van der Waals surface area contributed by atoms with E-state index in [0.717, 1.165) is 24.8 Å². The summed E-state index contributed by atoms with van der Waals surface area (Å²) in [6.45, 7) is 5.91. The first kappa shape index (κ1) is 16.7. The van der Waals surface area contributed by atoms with Gasteiger partial charge in [-0.25, -0.2) is 9.18 Å². The molecule has 0 aromatic heterocycles. The molecule has 5 heteroatoms. The molecule has 0 spiro atoms. The zero-order chi connectivity index (χ0) is 16.3. The van der Waals surface area contributed by atoms with Crippen molar-refractivity contribution in [1.82, 2.24) is 10.6 Å². The summed E-state index contributed by atoms with van der Waals surface area (Å²) in [5.74, 6) is 0.159. The molecular formula is C17H25FN2O2. The van der Waals surface area contributed by atoms with Crippen molar-refractivity contribution in [2.24, 2.45) is 5.92 Å². The SMILES string of the molecule is Cc1cc([C@H](C)NC(=O)NC[C@@H]2CC[C@H](O)C2)cc(C)c1F. The number of urea groups is 1. The predicted molar refractivity (Wildman–Crippen MR) is 84.2 cm³/mol. The van der Waals surface area contributed by atoms with E-state index in [1.165, 1.54) is 0 Å². The Morgan fingerprint density at radius 3 is 2.55 bits per heavy atom. The number of aryl methyl sites for hydroxylation is 2. The quantitative estimate of drug-likeness (QED) is 0.801. The number of carbonyl (C=O) groups excluding carboxylic acids is 1. The third-order valence-electron chi connectivity index (χ3n) is 4.37. The Kier molecular flexibility index (Phi) is 5.40. The van der Waals surface area contributed by atoms with Crippen LogP contribution in [0.2, 0.25) is 0 Å². The molecule has 3 atom stereocenters. The molecule has 2 rings (SSSR count). The van der Waals surface area contributed by atoms with Gasteiger partial charge < -0.3 is 15.7 Å². The number of benzene rings is 1. The molecular weight excluding hydrogens is 283 g/mol. The summed E-state index contributed by atoms with van der Waals surface area (Å²) in [5, 5.41) is 15.2. The summed E-state index contributed by atoms with van der Waals surface area (Å²) in [6.07, 6.45) is 2.30. The minimum atomic E-state index is -0.228. The van der Waals surface area contributed by atoms with Crippen LogP contribution in [0.5, 0.6) is 0 Å². The van der Waals surface area contributed by atoms with Crippen molar-refractivity contribution in [1.29, 1.82) is 0 Å². The van der Waals surface area contributed by atoms with Gasteiger partial charge in [0.25, 0.3) is 0 Å². The number of hydrogen-bond donors (Lipinski definition) is 3. The maximum absolute atomic E-state index is 13.6. The van der Waals surface area contributed by atoms with Crippen molar-refractivity contribution >= 4 is 6.03 Å². The van der Waals surface area contributed by atoms with Gasteiger partial charge >= 0.3 is 6.03 Å². The first-order valence-electron chi connectivity index (χ1n) is 7.86. The first-order chi connectivity index (χ1) is 10.4. The molecule has 22 heavy (non-hydrogen) atoms. The van der Waals surface area contributed by atoms with Crippen molar-refractivity contribution in [2.45, 2.75) is 52.2 Å². The van der Waals surface area contributed by atoms with Crippen LogP contribution in [0.4, 0.5) is 9.18 Å². The average Bonchev–Trinajstić information content (AvgIpc) is 2.87. The maximum Gasteiger partial charge on any atom is 0.315 e. The van der Waals surface area contributed by atoms with Crippen molar-refractivity contribution in [3.8, 4) is 0 Å². The van der Waals surface area contributed by atoms with Crippen LogP contribution in [0.15, 0.2) is 12.1 Å². The monoisotopic (exact) mass is 308 g/mol. The molecule has 1 aromatic carbocycles. The van der Waals surface area contributed by atoms with Crippen LogP contribution in [0, 0.1) is 25.6 Å². The molecule has 122 valence electrons. The molecule has 3 N–H and O–H groups in total. The van der Waals surface area contributed by atoms with E-state index in [1.54, 1.807) is 26.0 Å². The van der Waals surface area contributed by atoms with Crippen LogP contribution in [-0.4, -0.2) is 23.8 Å². The number of aliphatic hydroxyl groups is 1. The molecule has 0 unspecified atom stereocenters. The van der Waals surface area contributed by atoms with Crippen LogP contribution in [-0.2, 0) is 0 Å². The zero-order valence-electron chi connectivity index (χ0n) is 13.4. The second-order valence-corrected chi connectivity index (χ2v) is 6.38. The largest absolute Gasteiger partial charge is 0.393 e. The Morgan fingerprint density at radius 1 is 1.36 bits per heavy atom. The molecule has 0 radical (unpaired) electrons. The van der Waals surface area contributed by atoms with Crippen LogP contribution >= 0.6 is 0 Å². The molecule has 1 aliphatic carbocycles. The molecule has 1 aromatic rings. The fourth-order valence-corrected chi connectivity index (χ4v) is 3.03. The van der Waals surface area contributed by atoms with Crippen molar-refractivity contribution in [2.75, 3.05) is 6.54 Å². The summed E-state index contributed by atoms with van der Waals surface area (Å²) in [7, 11) is 0. The molecule has 0 bridgehead atoms. The predicted octanol–water partition coefficient (Wildman–Crippen LogP) is 2.96. The second-order valence-electron chi connectivity index (χ2n) is 6.38. The summed E-state index contributed by atoms with van der Waals surface area (Å²) in [5.41, 5.74) is 2.07. The van der Waals surface area contributed by atoms with Gasteiger partial charge in [-0.1, -0.05) is 12.1 Å². The number of halogens is 1. The van der Waals surface area contributed by atoms with Crippen LogP contribution in [0.1, 0.15) is 48.9 Å². The minimum Gasteiger partial charge on any atom is -0.393 e. The highest BCUT2D eigenvalue weighted by Crippen LogP contribution is 2.24. The van der Waals surface area contributed by atoms with Gasteiger partial charge in [0, 0.05) is 6.54 Å². The minimum absolute atomic E-state index is 0.188. The first-order valence-corrected chi connectivity index (χ1v) is 7.86. The van der Waals surface area contributed by atoms with E-state index >= 15 is 0 Å². The number of rotatable bonds is 4. The fourth-order valence-electron chi connectivity index (χ4n) is 3.03. The van der Waals surface area contributed by atoms with Gasteiger partial charge in [0.2, 0.25) is 0 Å². The lowest BCUT2D eigenvalue weighted by atomic mass is 10.0. The summed E-state index contributed by atoms with van der Waals surface area (Å²) in [4.78, 5) is 11.9. The number of aliphatic hydroxyl groups excluding tert-OH is 1. The smallest absolute Gasteiger partial charge is 0.315 e. The average molecular weight is 308 g/mol. The van der Waals surface area contributed by atoms with Crippen LogP contribution in [0.3, 0.4) is 0 Å². The Morgan fingerprint density at radius 2 is 2.00 bits per heavy atom. The maximum atomic E-state index is 13.6. The fraction of sp³-hybridized carbons (Fsp3) is 0.588. The summed E-state index contributed by atoms with van der Waals surface area (Å²) in [6, 6.07) is 3.11. The third kappa shape index (κ3) is 4.19. The standard InChI is InChI=1S/C17H25FN2O2/c1-10-6-14(7-11(2)16(10)18)12(3)20-17(22)19-9-13-4-5-15(21)8-13/h6-7,12-13,15,21H,4-5,8-9H2,1-3H3,(H2,19,20,22)/t12-,13+,15-/m0/s1. The van der Waals surface area contributed by atoms with Gasteiger partial charge in [0.15, 0.2) is 0 Å². The van der Waals surface area contributed by atoms with Crippen molar-refractivity contribution in [3.05, 3.63) is 34.6 Å². The number of amides is 2. The lowest BCUT2D eigenvalue weighted by Gasteiger charge is -2.18. The molecule has 4 nitrogen and oxygen atoms in total. The Labute approximate surface area is 131 Å². The summed E-state index contributed by atoms with van der Waals surface area (Å²) < 4.78 is 13.6. The lowest BCUT2D eigenvalue weighted by molar-refractivity contribution is 0.177. The van der Waals surface area contributed by atoms with Gasteiger partial charge in [-0.15, -0.1) is 0 Å². The molecule has 2 amide bonds. The third-order valence-corrected chi connectivity index (χ3v) is 4.37. The van der Waals surface area contributed by atoms with E-state index in [2.05, 4.69) is 10.6 Å². The van der Waals surface area contributed by atoms with Crippen LogP contribution < -0.4 is 10.6 Å². The van der Waals surface area contributed by atoms with Gasteiger partial charge in [0.1, 0.15) is 5.82 Å². The van der Waals surface area contributed by atoms with E-state index in [9.17, 15) is 14.3 Å². The molecule has 0 saturated heterocycles. The number of hydrogen-bond acceptors (Lipinski definition) is 2. The van der Waals surface area contributed by atoms with Gasteiger partial charge in [-0.3, -0.25) is 0 Å². The Balaban J connectivity index is 1.86. The van der Waals surface area contributed by atoms with E-state index in [-0.39, 0.29) is 24.0 Å². The highest BCUT2D eigenvalue weighted by atomic mass is 19.1. The number of carbonyl (C=O) groups is 1. The zero-order valence-corrected chi connectivity index (χ0v) is 13.4. The highest BCUT2D eigenvalue weighted by Gasteiger charge is 2.23. The van der Waals surface area contributed by atoms with E-state index < -0.39 is 0 Å². The van der Waals surface area contributed by atoms with Gasteiger partial charge in [-0.05, 0) is 62.6 Å². The lowest BCUT2D eigenvalue weighted by Crippen LogP contribution is -2.39. The van der Waals surface area contributed by atoms with E-state index in [0.29, 0.717) is 23.6 Å². The molecule has 0 heterocycles.